The Bertz CT molecular complexity index is 319. The Kier molecular flexibility index (Phi) is 3.97. The predicted octanol–water partition coefficient (Wildman–Crippen LogP) is 1.12. The molecule has 3 N–H and O–H groups in total. The van der Waals surface area contributed by atoms with Crippen LogP contribution in [0.15, 0.2) is 0 Å². The van der Waals surface area contributed by atoms with Crippen LogP contribution in [0.4, 0.5) is 0 Å². The summed E-state index contributed by atoms with van der Waals surface area (Å²) in [6.07, 6.45) is 4.94. The Hall–Kier alpha value is -0.610. The van der Waals surface area contributed by atoms with Crippen molar-refractivity contribution in [2.45, 2.75) is 57.6 Å². The standard InChI is InChI=1S/C14H26N2O2/c1-10(2)12(15)13(17)16-8-7-14(18)6-4-3-5-11(14)9-16/h10-12,18H,3-9,15H2,1-2H3/t11?,12-,14?/m0/s1. The van der Waals surface area contributed by atoms with E-state index >= 15 is 0 Å². The van der Waals surface area contributed by atoms with E-state index in [2.05, 4.69) is 0 Å². The molecule has 3 atom stereocenters. The zero-order chi connectivity index (χ0) is 13.3. The second-order valence-corrected chi connectivity index (χ2v) is 6.35. The zero-order valence-corrected chi connectivity index (χ0v) is 11.6. The number of aliphatic hydroxyl groups is 1. The summed E-state index contributed by atoms with van der Waals surface area (Å²) in [7, 11) is 0. The summed E-state index contributed by atoms with van der Waals surface area (Å²) in [4.78, 5) is 14.1. The van der Waals surface area contributed by atoms with Crippen molar-refractivity contribution in [3.63, 3.8) is 0 Å². The minimum Gasteiger partial charge on any atom is -0.389 e. The van der Waals surface area contributed by atoms with E-state index in [4.69, 9.17) is 5.73 Å². The number of likely N-dealkylation sites (tertiary alicyclic amines) is 1. The van der Waals surface area contributed by atoms with Crippen LogP contribution < -0.4 is 5.73 Å². The summed E-state index contributed by atoms with van der Waals surface area (Å²) in [6.45, 7) is 5.30. The zero-order valence-electron chi connectivity index (χ0n) is 11.6. The van der Waals surface area contributed by atoms with Gasteiger partial charge >= 0.3 is 0 Å². The van der Waals surface area contributed by atoms with Gasteiger partial charge in [-0.1, -0.05) is 26.7 Å². The molecule has 2 fully saturated rings. The average molecular weight is 254 g/mol. The van der Waals surface area contributed by atoms with E-state index in [1.807, 2.05) is 18.7 Å². The molecule has 0 aromatic rings. The van der Waals surface area contributed by atoms with Gasteiger partial charge in [0.05, 0.1) is 11.6 Å². The first-order chi connectivity index (χ1) is 8.44. The molecule has 4 nitrogen and oxygen atoms in total. The highest BCUT2D eigenvalue weighted by Crippen LogP contribution is 2.39. The van der Waals surface area contributed by atoms with Gasteiger partial charge in [0, 0.05) is 19.0 Å². The first kappa shape index (κ1) is 13.8. The van der Waals surface area contributed by atoms with E-state index in [0.717, 1.165) is 19.3 Å². The molecule has 1 amide bonds. The average Bonchev–Trinajstić information content (AvgIpc) is 2.35. The summed E-state index contributed by atoms with van der Waals surface area (Å²) in [6, 6.07) is -0.403. The van der Waals surface area contributed by atoms with Gasteiger partial charge in [-0.25, -0.2) is 0 Å². The lowest BCUT2D eigenvalue weighted by Gasteiger charge is -2.48. The molecule has 1 aliphatic carbocycles. The number of nitrogens with zero attached hydrogens (tertiary/aromatic N) is 1. The molecule has 18 heavy (non-hydrogen) atoms. The van der Waals surface area contributed by atoms with Crippen molar-refractivity contribution in [2.24, 2.45) is 17.6 Å². The summed E-state index contributed by atoms with van der Waals surface area (Å²) >= 11 is 0. The van der Waals surface area contributed by atoms with E-state index in [1.54, 1.807) is 0 Å². The normalized spacial score (nSPS) is 34.3. The molecule has 0 aromatic heterocycles. The molecule has 1 saturated heterocycles. The second kappa shape index (κ2) is 5.17. The molecule has 2 unspecified atom stereocenters. The minimum absolute atomic E-state index is 0.0534. The largest absolute Gasteiger partial charge is 0.389 e. The highest BCUT2D eigenvalue weighted by molar-refractivity contribution is 5.82. The summed E-state index contributed by atoms with van der Waals surface area (Å²) in [5.74, 6) is 0.477. The maximum absolute atomic E-state index is 12.2. The smallest absolute Gasteiger partial charge is 0.239 e. The third-order valence-corrected chi connectivity index (χ3v) is 4.74. The molecule has 0 radical (unpaired) electrons. The summed E-state index contributed by atoms with van der Waals surface area (Å²) < 4.78 is 0. The fourth-order valence-electron chi connectivity index (χ4n) is 3.27. The van der Waals surface area contributed by atoms with Gasteiger partial charge in [0.2, 0.25) is 5.91 Å². The van der Waals surface area contributed by atoms with Crippen LogP contribution in [0.3, 0.4) is 0 Å². The Balaban J connectivity index is 2.00. The van der Waals surface area contributed by atoms with E-state index in [9.17, 15) is 9.90 Å². The maximum Gasteiger partial charge on any atom is 0.239 e. The lowest BCUT2D eigenvalue weighted by atomic mass is 9.71. The van der Waals surface area contributed by atoms with Gasteiger partial charge in [-0.05, 0) is 25.2 Å². The monoisotopic (exact) mass is 254 g/mol. The lowest BCUT2D eigenvalue weighted by Crippen LogP contribution is -2.57. The Morgan fingerprint density at radius 2 is 2.11 bits per heavy atom. The maximum atomic E-state index is 12.2. The molecule has 1 saturated carbocycles. The number of fused-ring (bicyclic) bond motifs is 1. The van der Waals surface area contributed by atoms with E-state index in [1.165, 1.54) is 6.42 Å². The Morgan fingerprint density at radius 1 is 1.39 bits per heavy atom. The molecule has 1 aliphatic heterocycles. The quantitative estimate of drug-likeness (QED) is 0.776. The van der Waals surface area contributed by atoms with E-state index < -0.39 is 11.6 Å². The SMILES string of the molecule is CC(C)[C@H](N)C(=O)N1CCC2(O)CCCCC2C1. The molecule has 0 spiro atoms. The number of piperidine rings is 1. The fraction of sp³-hybridized carbons (Fsp3) is 0.929. The van der Waals surface area contributed by atoms with Crippen molar-refractivity contribution in [1.82, 2.24) is 4.90 Å². The number of amides is 1. The van der Waals surface area contributed by atoms with Crippen LogP contribution in [0.5, 0.6) is 0 Å². The third kappa shape index (κ3) is 2.54. The van der Waals surface area contributed by atoms with Crippen molar-refractivity contribution in [2.75, 3.05) is 13.1 Å². The van der Waals surface area contributed by atoms with E-state index in [0.29, 0.717) is 19.5 Å². The molecule has 4 heteroatoms. The van der Waals surface area contributed by atoms with Crippen LogP contribution in [0.2, 0.25) is 0 Å². The van der Waals surface area contributed by atoms with Crippen LogP contribution in [0.25, 0.3) is 0 Å². The van der Waals surface area contributed by atoms with Gasteiger partial charge in [0.25, 0.3) is 0 Å². The number of hydrogen-bond donors (Lipinski definition) is 2. The number of nitrogens with two attached hydrogens (primary N) is 1. The number of hydrogen-bond acceptors (Lipinski definition) is 3. The van der Waals surface area contributed by atoms with Gasteiger partial charge in [-0.15, -0.1) is 0 Å². The summed E-state index contributed by atoms with van der Waals surface area (Å²) in [5.41, 5.74) is 5.42. The van der Waals surface area contributed by atoms with Crippen LogP contribution >= 0.6 is 0 Å². The van der Waals surface area contributed by atoms with E-state index in [-0.39, 0.29) is 17.7 Å². The molecular weight excluding hydrogens is 228 g/mol. The molecule has 1 heterocycles. The van der Waals surface area contributed by atoms with Crippen molar-refractivity contribution >= 4 is 5.91 Å². The number of carbonyl (C=O) groups is 1. The van der Waals surface area contributed by atoms with Gasteiger partial charge in [-0.2, -0.15) is 0 Å². The van der Waals surface area contributed by atoms with Gasteiger partial charge in [0.1, 0.15) is 0 Å². The first-order valence-electron chi connectivity index (χ1n) is 7.21. The lowest BCUT2D eigenvalue weighted by molar-refractivity contribution is -0.145. The van der Waals surface area contributed by atoms with Crippen LogP contribution in [-0.2, 0) is 4.79 Å². The van der Waals surface area contributed by atoms with Crippen molar-refractivity contribution in [3.05, 3.63) is 0 Å². The van der Waals surface area contributed by atoms with Crippen molar-refractivity contribution < 1.29 is 9.90 Å². The highest BCUT2D eigenvalue weighted by Gasteiger charge is 2.44. The fourth-order valence-corrected chi connectivity index (χ4v) is 3.27. The second-order valence-electron chi connectivity index (χ2n) is 6.35. The molecular formula is C14H26N2O2. The molecule has 0 aromatic carbocycles. The Morgan fingerprint density at radius 3 is 2.78 bits per heavy atom. The van der Waals surface area contributed by atoms with Gasteiger partial charge in [-0.3, -0.25) is 4.79 Å². The minimum atomic E-state index is -0.517. The van der Waals surface area contributed by atoms with Gasteiger partial charge < -0.3 is 15.7 Å². The van der Waals surface area contributed by atoms with Crippen molar-refractivity contribution in [3.8, 4) is 0 Å². The predicted molar refractivity (Wildman–Crippen MR) is 70.9 cm³/mol. The summed E-state index contributed by atoms with van der Waals surface area (Å²) in [5, 5.41) is 10.6. The number of carbonyl (C=O) groups excluding carboxylic acids is 1. The molecule has 104 valence electrons. The molecule has 0 bridgehead atoms. The number of rotatable bonds is 2. The first-order valence-corrected chi connectivity index (χ1v) is 7.21. The van der Waals surface area contributed by atoms with Crippen molar-refractivity contribution in [1.29, 1.82) is 0 Å². The highest BCUT2D eigenvalue weighted by atomic mass is 16.3. The Labute approximate surface area is 110 Å². The van der Waals surface area contributed by atoms with Crippen LogP contribution in [0.1, 0.15) is 46.0 Å². The topological polar surface area (TPSA) is 66.6 Å². The van der Waals surface area contributed by atoms with Gasteiger partial charge in [0.15, 0.2) is 0 Å². The molecule has 2 rings (SSSR count). The van der Waals surface area contributed by atoms with Crippen LogP contribution in [-0.4, -0.2) is 40.6 Å². The van der Waals surface area contributed by atoms with Crippen LogP contribution in [0, 0.1) is 11.8 Å². The molecule has 2 aliphatic rings. The third-order valence-electron chi connectivity index (χ3n) is 4.74.